The molecule has 85 heavy (non-hydrogen) atoms. The van der Waals surface area contributed by atoms with E-state index in [1.807, 2.05) is 0 Å². The van der Waals surface area contributed by atoms with Crippen molar-refractivity contribution in [1.29, 1.82) is 0 Å². The Labute approximate surface area is 490 Å². The summed E-state index contributed by atoms with van der Waals surface area (Å²) >= 11 is 0. The number of phenolic OH excluding ortho intramolecular Hbond substituents is 2. The van der Waals surface area contributed by atoms with Crippen molar-refractivity contribution in [2.45, 2.75) is 160 Å². The van der Waals surface area contributed by atoms with Crippen LogP contribution in [0.1, 0.15) is 103 Å². The lowest BCUT2D eigenvalue weighted by Crippen LogP contribution is -2.60. The predicted octanol–water partition coefficient (Wildman–Crippen LogP) is -2.56. The molecule has 0 bridgehead atoms. The molecule has 9 amide bonds. The summed E-state index contributed by atoms with van der Waals surface area (Å²) in [4.78, 5) is 158. The van der Waals surface area contributed by atoms with E-state index in [-0.39, 0.29) is 68.4 Å². The van der Waals surface area contributed by atoms with E-state index in [1.165, 1.54) is 68.0 Å². The normalized spacial score (nSPS) is 14.6. The number of amides is 9. The Balaban J connectivity index is 1.90. The van der Waals surface area contributed by atoms with Gasteiger partial charge in [0.1, 0.15) is 59.8 Å². The van der Waals surface area contributed by atoms with E-state index in [0.717, 1.165) is 0 Å². The number of hydrogen-bond acceptors (Lipinski definition) is 16. The molecule has 1 heterocycles. The number of aromatic hydroxyl groups is 2. The Kier molecular flexibility index (Phi) is 28.7. The van der Waals surface area contributed by atoms with Crippen LogP contribution >= 0.6 is 0 Å². The van der Waals surface area contributed by atoms with Crippen LogP contribution in [0.25, 0.3) is 0 Å². The summed E-state index contributed by atoms with van der Waals surface area (Å²) in [5.41, 5.74) is 23.9. The van der Waals surface area contributed by atoms with Gasteiger partial charge in [-0.1, -0.05) is 58.4 Å². The van der Waals surface area contributed by atoms with Crippen molar-refractivity contribution in [2.24, 2.45) is 39.8 Å². The number of carbonyl (C=O) groups is 11. The molecule has 0 spiro atoms. The quantitative estimate of drug-likeness (QED) is 0.0160. The van der Waals surface area contributed by atoms with Gasteiger partial charge >= 0.3 is 11.9 Å². The molecule has 0 unspecified atom stereocenters. The van der Waals surface area contributed by atoms with Crippen LogP contribution in [0.15, 0.2) is 66.0 Å². The third-order valence-electron chi connectivity index (χ3n) is 13.4. The zero-order valence-electron chi connectivity index (χ0n) is 48.1. The minimum Gasteiger partial charge on any atom is -0.508 e. The Bertz CT molecular complexity index is 2780. The minimum atomic E-state index is -1.71. The molecule has 3 aromatic rings. The number of phenols is 2. The maximum Gasteiger partial charge on any atom is 0.326 e. The lowest BCUT2D eigenvalue weighted by Gasteiger charge is -2.29. The van der Waals surface area contributed by atoms with Gasteiger partial charge < -0.3 is 90.9 Å². The summed E-state index contributed by atoms with van der Waals surface area (Å²) in [6, 6.07) is -1.85. The molecule has 0 aliphatic heterocycles. The highest BCUT2D eigenvalue weighted by Gasteiger charge is 2.36. The maximum absolute atomic E-state index is 14.5. The van der Waals surface area contributed by atoms with Gasteiger partial charge in [-0.2, -0.15) is 0 Å². The molecular formula is C55H81N15O15. The Morgan fingerprint density at radius 2 is 1.04 bits per heavy atom. The number of benzene rings is 2. The molecule has 10 atom stereocenters. The topological polar surface area (TPSA) is 510 Å². The first-order valence-electron chi connectivity index (χ1n) is 27.6. The van der Waals surface area contributed by atoms with E-state index in [2.05, 4.69) is 57.5 Å². The number of primary amides is 1. The molecule has 21 N–H and O–H groups in total. The van der Waals surface area contributed by atoms with E-state index in [0.29, 0.717) is 23.2 Å². The summed E-state index contributed by atoms with van der Waals surface area (Å²) in [7, 11) is 0. The smallest absolute Gasteiger partial charge is 0.326 e. The number of aliphatic imine (C=N–C) groups is 1. The molecule has 0 aliphatic rings. The number of nitrogens with one attached hydrogen (secondary N) is 9. The highest BCUT2D eigenvalue weighted by molar-refractivity contribution is 5.98. The van der Waals surface area contributed by atoms with Crippen LogP contribution in [0.5, 0.6) is 11.5 Å². The Morgan fingerprint density at radius 3 is 1.53 bits per heavy atom. The summed E-state index contributed by atoms with van der Waals surface area (Å²) in [6.07, 6.45) is 0.654. The number of imidazole rings is 1. The minimum absolute atomic E-state index is 0.0153. The first-order valence-corrected chi connectivity index (χ1v) is 27.6. The molecule has 0 saturated carbocycles. The van der Waals surface area contributed by atoms with Crippen LogP contribution in [0.3, 0.4) is 0 Å². The van der Waals surface area contributed by atoms with Gasteiger partial charge in [0.15, 0.2) is 5.96 Å². The number of hydrogen-bond donors (Lipinski definition) is 17. The van der Waals surface area contributed by atoms with Gasteiger partial charge in [0.05, 0.1) is 12.4 Å². The maximum atomic E-state index is 14.5. The van der Waals surface area contributed by atoms with Gasteiger partial charge in [-0.25, -0.2) is 9.78 Å². The van der Waals surface area contributed by atoms with Crippen molar-refractivity contribution in [3.8, 4) is 11.5 Å². The standard InChI is InChI=1S/C55H81N15O15/c1-6-29(4)45(53(83)69-42(54(84)85)24-32-11-15-35(72)16-12-32)70-50(80)37(8-7-21-61-55(58)59)64-52(82)41(23-31-9-13-34(71)14-10-31)67-46(76)30(5)63-48(78)39(18-20-44(74)75)65-49(79)38(17-19-43(57)73)66-51(81)40(22-28(2)3)68-47(77)36(56)25-33-26-60-27-62-33/h9-16,26-30,36-42,45,71-72H,6-8,17-25,56H2,1-5H3,(H2,57,73)(H,60,62)(H,63,78)(H,64,82)(H,65,79)(H,66,81)(H,67,76)(H,68,77)(H,69,83)(H,70,80)(H,74,75)(H,84,85)(H4,58,59,61)/t29-,30-,36-,37-,38-,39-,40-,41-,42-,45-/m0/s1. The van der Waals surface area contributed by atoms with Crippen LogP contribution in [0.4, 0.5) is 0 Å². The van der Waals surface area contributed by atoms with Crippen molar-refractivity contribution in [2.75, 3.05) is 6.54 Å². The fraction of sp³-hybridized carbons (Fsp3) is 0.509. The average Bonchev–Trinajstić information content (AvgIpc) is 4.01. The molecule has 0 aliphatic carbocycles. The fourth-order valence-electron chi connectivity index (χ4n) is 8.43. The van der Waals surface area contributed by atoms with Crippen molar-refractivity contribution < 1.29 is 73.2 Å². The Hall–Kier alpha value is -9.35. The summed E-state index contributed by atoms with van der Waals surface area (Å²) < 4.78 is 0. The predicted molar refractivity (Wildman–Crippen MR) is 307 cm³/mol. The second-order valence-corrected chi connectivity index (χ2v) is 21.0. The van der Waals surface area contributed by atoms with E-state index >= 15 is 0 Å². The van der Waals surface area contributed by atoms with E-state index in [1.54, 1.807) is 27.7 Å². The SMILES string of the molecule is CC[C@H](C)[C@H](NC(=O)[C@H](CCCN=C(N)N)NC(=O)[C@H](Cc1ccc(O)cc1)NC(=O)[C@H](C)NC(=O)[C@H](CCC(=O)O)NC(=O)[C@H](CCC(N)=O)NC(=O)[C@H](CC(C)C)NC(=O)[C@@H](N)Cc1cnc[nH]1)C(=O)N[C@@H](Cc1ccc(O)cc1)C(=O)O. The largest absolute Gasteiger partial charge is 0.508 e. The number of aliphatic carboxylic acids is 2. The zero-order valence-corrected chi connectivity index (χ0v) is 48.1. The fourth-order valence-corrected chi connectivity index (χ4v) is 8.43. The monoisotopic (exact) mass is 1190 g/mol. The van der Waals surface area contributed by atoms with E-state index in [9.17, 15) is 73.2 Å². The van der Waals surface area contributed by atoms with Crippen LogP contribution in [-0.4, -0.2) is 162 Å². The van der Waals surface area contributed by atoms with Crippen LogP contribution in [-0.2, 0) is 72.0 Å². The number of rotatable bonds is 37. The molecule has 466 valence electrons. The molecular weight excluding hydrogens is 1110 g/mol. The summed E-state index contributed by atoms with van der Waals surface area (Å²) in [6.45, 7) is 8.10. The first kappa shape index (κ1) is 69.9. The summed E-state index contributed by atoms with van der Waals surface area (Å²) in [5.74, 6) is -12.3. The molecule has 0 fully saturated rings. The molecule has 1 aromatic heterocycles. The molecule has 2 aromatic carbocycles. The number of aromatic nitrogens is 2. The third kappa shape index (κ3) is 25.4. The number of nitrogens with two attached hydrogens (primary N) is 4. The number of carbonyl (C=O) groups excluding carboxylic acids is 9. The first-order chi connectivity index (χ1) is 40.1. The molecule has 0 saturated heterocycles. The highest BCUT2D eigenvalue weighted by Crippen LogP contribution is 2.16. The number of aromatic amines is 1. The van der Waals surface area contributed by atoms with Gasteiger partial charge in [-0.15, -0.1) is 0 Å². The van der Waals surface area contributed by atoms with Gasteiger partial charge in [0, 0.05) is 50.5 Å². The lowest BCUT2D eigenvalue weighted by molar-refractivity contribution is -0.142. The van der Waals surface area contributed by atoms with E-state index < -0.39 is 151 Å². The van der Waals surface area contributed by atoms with Crippen molar-refractivity contribution in [3.05, 3.63) is 77.9 Å². The number of H-pyrrole nitrogens is 1. The molecule has 3 rings (SSSR count). The second kappa shape index (κ2) is 34.9. The number of guanidine groups is 1. The second-order valence-electron chi connectivity index (χ2n) is 21.0. The van der Waals surface area contributed by atoms with Gasteiger partial charge in [-0.3, -0.25) is 52.9 Å². The van der Waals surface area contributed by atoms with Crippen LogP contribution in [0.2, 0.25) is 0 Å². The average molecular weight is 1190 g/mol. The molecule has 30 heteroatoms. The number of carboxylic acid groups (broad SMARTS) is 2. The third-order valence-corrected chi connectivity index (χ3v) is 13.4. The van der Waals surface area contributed by atoms with Gasteiger partial charge in [0.2, 0.25) is 53.2 Å². The number of carboxylic acids is 2. The van der Waals surface area contributed by atoms with Crippen LogP contribution in [0, 0.1) is 11.8 Å². The molecule has 0 radical (unpaired) electrons. The lowest BCUT2D eigenvalue weighted by atomic mass is 9.96. The van der Waals surface area contributed by atoms with Crippen molar-refractivity contribution >= 4 is 71.1 Å². The van der Waals surface area contributed by atoms with E-state index in [4.69, 9.17) is 22.9 Å². The van der Waals surface area contributed by atoms with Crippen molar-refractivity contribution in [3.63, 3.8) is 0 Å². The Morgan fingerprint density at radius 1 is 0.565 bits per heavy atom. The highest BCUT2D eigenvalue weighted by atomic mass is 16.4. The van der Waals surface area contributed by atoms with Crippen molar-refractivity contribution in [1.82, 2.24) is 52.5 Å². The van der Waals surface area contributed by atoms with Crippen LogP contribution < -0.4 is 65.5 Å². The zero-order chi connectivity index (χ0) is 63.5. The van der Waals surface area contributed by atoms with Gasteiger partial charge in [0.25, 0.3) is 0 Å². The van der Waals surface area contributed by atoms with Gasteiger partial charge in [-0.05, 0) is 86.3 Å². The summed E-state index contributed by atoms with van der Waals surface area (Å²) in [5, 5.41) is 59.5. The molecule has 30 nitrogen and oxygen atoms in total. The number of nitrogens with zero attached hydrogens (tertiary/aromatic N) is 2.